The molecule has 0 spiro atoms. The van der Waals surface area contributed by atoms with Gasteiger partial charge < -0.3 is 9.15 Å². The summed E-state index contributed by atoms with van der Waals surface area (Å²) in [7, 11) is 0. The van der Waals surface area contributed by atoms with Crippen LogP contribution in [0.3, 0.4) is 0 Å². The quantitative estimate of drug-likeness (QED) is 0.777. The van der Waals surface area contributed by atoms with E-state index in [1.165, 1.54) is 19.9 Å². The van der Waals surface area contributed by atoms with Crippen molar-refractivity contribution in [2.75, 3.05) is 5.32 Å². The minimum atomic E-state index is -0.934. The molecule has 1 N–H and O–H groups in total. The molecule has 1 unspecified atom stereocenters. The summed E-state index contributed by atoms with van der Waals surface area (Å²) in [5.41, 5.74) is 0.127. The number of benzene rings is 1. The van der Waals surface area contributed by atoms with Crippen molar-refractivity contribution < 1.29 is 18.7 Å². The van der Waals surface area contributed by atoms with E-state index in [-0.39, 0.29) is 39.3 Å². The van der Waals surface area contributed by atoms with Crippen molar-refractivity contribution in [1.82, 2.24) is 0 Å². The van der Waals surface area contributed by atoms with Crippen molar-refractivity contribution in [2.45, 2.75) is 26.9 Å². The molecule has 6 nitrogen and oxygen atoms in total. The van der Waals surface area contributed by atoms with E-state index in [1.54, 1.807) is 19.1 Å². The van der Waals surface area contributed by atoms with Gasteiger partial charge in [0.25, 0.3) is 5.91 Å². The van der Waals surface area contributed by atoms with Gasteiger partial charge >= 0.3 is 0 Å². The lowest BCUT2D eigenvalue weighted by atomic mass is 10.1. The zero-order chi connectivity index (χ0) is 18.7. The molecule has 1 aromatic carbocycles. The van der Waals surface area contributed by atoms with Crippen LogP contribution in [0.4, 0.5) is 5.88 Å². The molecule has 25 heavy (non-hydrogen) atoms. The Morgan fingerprint density at radius 3 is 2.60 bits per heavy atom. The third-order valence-corrected chi connectivity index (χ3v) is 3.88. The molecule has 0 aliphatic carbocycles. The van der Waals surface area contributed by atoms with Crippen LogP contribution in [0.2, 0.25) is 10.0 Å². The van der Waals surface area contributed by atoms with E-state index in [0.717, 1.165) is 0 Å². The number of ether oxygens (including phenoxy) is 1. The van der Waals surface area contributed by atoms with Gasteiger partial charge in [0.15, 0.2) is 11.9 Å². The van der Waals surface area contributed by atoms with E-state index in [0.29, 0.717) is 5.02 Å². The topological polar surface area (TPSA) is 92.3 Å². The van der Waals surface area contributed by atoms with Gasteiger partial charge in [-0.15, -0.1) is 0 Å². The zero-order valence-electron chi connectivity index (χ0n) is 13.6. The van der Waals surface area contributed by atoms with Gasteiger partial charge in [0.1, 0.15) is 23.1 Å². The molecule has 0 aliphatic rings. The molecule has 130 valence electrons. The van der Waals surface area contributed by atoms with E-state index >= 15 is 0 Å². The number of anilines is 1. The SMILES string of the molecule is CC(=O)c1c(C)oc(NC(=O)C(C)Oc2ccc(Cl)cc2Cl)c1C#N. The van der Waals surface area contributed by atoms with Gasteiger partial charge in [0.2, 0.25) is 5.88 Å². The maximum Gasteiger partial charge on any atom is 0.267 e. The average Bonchev–Trinajstić information content (AvgIpc) is 2.85. The number of carbonyl (C=O) groups excluding carboxylic acids is 2. The Hall–Kier alpha value is -2.49. The van der Waals surface area contributed by atoms with Crippen LogP contribution in [-0.2, 0) is 4.79 Å². The van der Waals surface area contributed by atoms with Crippen LogP contribution in [0.25, 0.3) is 0 Å². The fourth-order valence-corrected chi connectivity index (χ4v) is 2.64. The largest absolute Gasteiger partial charge is 0.479 e. The Morgan fingerprint density at radius 1 is 1.36 bits per heavy atom. The summed E-state index contributed by atoms with van der Waals surface area (Å²) >= 11 is 11.8. The van der Waals surface area contributed by atoms with Crippen LogP contribution in [0, 0.1) is 18.3 Å². The number of nitrogens with one attached hydrogen (secondary N) is 1. The van der Waals surface area contributed by atoms with Gasteiger partial charge in [-0.3, -0.25) is 14.9 Å². The zero-order valence-corrected chi connectivity index (χ0v) is 15.2. The van der Waals surface area contributed by atoms with E-state index < -0.39 is 12.0 Å². The van der Waals surface area contributed by atoms with Gasteiger partial charge in [-0.1, -0.05) is 23.2 Å². The Bertz CT molecular complexity index is 884. The van der Waals surface area contributed by atoms with Crippen LogP contribution in [0.1, 0.15) is 35.5 Å². The molecule has 2 rings (SSSR count). The lowest BCUT2D eigenvalue weighted by Crippen LogP contribution is -2.30. The number of nitrogens with zero attached hydrogens (tertiary/aromatic N) is 1. The van der Waals surface area contributed by atoms with Crippen molar-refractivity contribution in [2.24, 2.45) is 0 Å². The molecular weight excluding hydrogens is 367 g/mol. The third kappa shape index (κ3) is 4.13. The van der Waals surface area contributed by atoms with Gasteiger partial charge in [-0.05, 0) is 39.0 Å². The Kier molecular flexibility index (Phi) is 5.73. The monoisotopic (exact) mass is 380 g/mol. The molecule has 1 atom stereocenters. The van der Waals surface area contributed by atoms with E-state index in [1.807, 2.05) is 6.07 Å². The van der Waals surface area contributed by atoms with Crippen molar-refractivity contribution in [3.8, 4) is 11.8 Å². The van der Waals surface area contributed by atoms with Crippen molar-refractivity contribution in [1.29, 1.82) is 5.26 Å². The first kappa shape index (κ1) is 18.8. The average molecular weight is 381 g/mol. The number of aryl methyl sites for hydroxylation is 1. The highest BCUT2D eigenvalue weighted by atomic mass is 35.5. The second-order valence-electron chi connectivity index (χ2n) is 5.23. The lowest BCUT2D eigenvalue weighted by Gasteiger charge is -2.15. The van der Waals surface area contributed by atoms with Crippen LogP contribution < -0.4 is 10.1 Å². The standard InChI is InChI=1S/C17H14Cl2N2O4/c1-8(22)15-9(2)25-17(12(15)7-20)21-16(23)10(3)24-14-5-4-11(18)6-13(14)19/h4-6,10H,1-3H3,(H,21,23). The van der Waals surface area contributed by atoms with Gasteiger partial charge in [0.05, 0.1) is 10.6 Å². The number of hydrogen-bond donors (Lipinski definition) is 1. The fraction of sp³-hybridized carbons (Fsp3) is 0.235. The van der Waals surface area contributed by atoms with Crippen molar-refractivity contribution in [3.05, 3.63) is 45.1 Å². The number of ketones is 1. The molecule has 0 aliphatic heterocycles. The van der Waals surface area contributed by atoms with E-state index in [9.17, 15) is 14.9 Å². The molecule has 2 aromatic rings. The predicted molar refractivity (Wildman–Crippen MR) is 93.3 cm³/mol. The number of nitriles is 1. The number of hydrogen-bond acceptors (Lipinski definition) is 5. The summed E-state index contributed by atoms with van der Waals surface area (Å²) in [4.78, 5) is 23.9. The summed E-state index contributed by atoms with van der Waals surface area (Å²) in [6.45, 7) is 4.37. The van der Waals surface area contributed by atoms with Gasteiger partial charge in [-0.25, -0.2) is 0 Å². The van der Waals surface area contributed by atoms with Crippen molar-refractivity contribution in [3.63, 3.8) is 0 Å². The molecule has 0 saturated carbocycles. The summed E-state index contributed by atoms with van der Waals surface area (Å²) in [6.07, 6.45) is -0.934. The summed E-state index contributed by atoms with van der Waals surface area (Å²) < 4.78 is 10.8. The lowest BCUT2D eigenvalue weighted by molar-refractivity contribution is -0.122. The number of carbonyl (C=O) groups is 2. The normalized spacial score (nSPS) is 11.5. The minimum Gasteiger partial charge on any atom is -0.479 e. The summed E-state index contributed by atoms with van der Waals surface area (Å²) in [6, 6.07) is 6.48. The number of furan rings is 1. The van der Waals surface area contributed by atoms with Gasteiger partial charge in [-0.2, -0.15) is 5.26 Å². The molecule has 0 radical (unpaired) electrons. The second kappa shape index (κ2) is 7.60. The minimum absolute atomic E-state index is 0.0184. The summed E-state index contributed by atoms with van der Waals surface area (Å²) in [5.74, 6) is -0.433. The molecule has 1 amide bonds. The fourth-order valence-electron chi connectivity index (χ4n) is 2.19. The summed E-state index contributed by atoms with van der Waals surface area (Å²) in [5, 5.41) is 12.4. The number of rotatable bonds is 5. The predicted octanol–water partition coefficient (Wildman–Crippen LogP) is 4.38. The molecule has 1 heterocycles. The highest BCUT2D eigenvalue weighted by Gasteiger charge is 2.25. The molecule has 1 aromatic heterocycles. The molecule has 0 fully saturated rings. The highest BCUT2D eigenvalue weighted by molar-refractivity contribution is 6.35. The Labute approximate surface area is 154 Å². The molecular formula is C17H14Cl2N2O4. The number of halogens is 2. The first-order chi connectivity index (χ1) is 11.7. The Balaban J connectivity index is 2.18. The second-order valence-corrected chi connectivity index (χ2v) is 6.07. The van der Waals surface area contributed by atoms with Crippen LogP contribution in [-0.4, -0.2) is 17.8 Å². The maximum absolute atomic E-state index is 12.3. The van der Waals surface area contributed by atoms with Crippen molar-refractivity contribution >= 4 is 40.8 Å². The molecule has 0 bridgehead atoms. The van der Waals surface area contributed by atoms with Crippen LogP contribution in [0.15, 0.2) is 22.6 Å². The molecule has 8 heteroatoms. The highest BCUT2D eigenvalue weighted by Crippen LogP contribution is 2.29. The maximum atomic E-state index is 12.3. The third-order valence-electron chi connectivity index (χ3n) is 3.35. The van der Waals surface area contributed by atoms with E-state index in [2.05, 4.69) is 5.32 Å². The number of amides is 1. The van der Waals surface area contributed by atoms with E-state index in [4.69, 9.17) is 32.4 Å². The van der Waals surface area contributed by atoms with Gasteiger partial charge in [0, 0.05) is 5.02 Å². The van der Waals surface area contributed by atoms with Crippen LogP contribution in [0.5, 0.6) is 5.75 Å². The van der Waals surface area contributed by atoms with Crippen LogP contribution >= 0.6 is 23.2 Å². The Morgan fingerprint density at radius 2 is 2.04 bits per heavy atom. The molecule has 0 saturated heterocycles. The smallest absolute Gasteiger partial charge is 0.267 e. The first-order valence-corrected chi connectivity index (χ1v) is 7.97. The number of Topliss-reactive ketones (excluding diaryl/α,β-unsaturated/α-hetero) is 1. The first-order valence-electron chi connectivity index (χ1n) is 7.21.